The van der Waals surface area contributed by atoms with Gasteiger partial charge in [0.25, 0.3) is 0 Å². The highest BCUT2D eigenvalue weighted by Gasteiger charge is 2.29. The van der Waals surface area contributed by atoms with E-state index in [4.69, 9.17) is 9.84 Å². The Balaban J connectivity index is 1.47. The molecule has 0 saturated carbocycles. The van der Waals surface area contributed by atoms with Gasteiger partial charge in [-0.2, -0.15) is 15.0 Å². The van der Waals surface area contributed by atoms with Crippen LogP contribution in [0.1, 0.15) is 35.2 Å². The molecule has 1 aliphatic carbocycles. The molecule has 1 amide bonds. The summed E-state index contributed by atoms with van der Waals surface area (Å²) in [6, 6.07) is 15.3. The third-order valence-electron chi connectivity index (χ3n) is 4.99. The Hall–Kier alpha value is -3.68. The van der Waals surface area contributed by atoms with Gasteiger partial charge in [0.15, 0.2) is 0 Å². The van der Waals surface area contributed by atoms with Gasteiger partial charge in [0.2, 0.25) is 0 Å². The monoisotopic (exact) mass is 392 g/mol. The van der Waals surface area contributed by atoms with Crippen LogP contribution in [0.3, 0.4) is 0 Å². The fraction of sp³-hybridized carbons (Fsp3) is 0.238. The number of hydrogen-bond acceptors (Lipinski definition) is 5. The number of amides is 1. The molecular weight excluding hydrogens is 372 g/mol. The van der Waals surface area contributed by atoms with Crippen molar-refractivity contribution in [2.45, 2.75) is 18.4 Å². The van der Waals surface area contributed by atoms with Gasteiger partial charge in [-0.25, -0.2) is 4.79 Å². The molecule has 1 aromatic heterocycles. The number of carboxylic acid groups (broad SMARTS) is 1. The van der Waals surface area contributed by atoms with Gasteiger partial charge in [-0.1, -0.05) is 48.5 Å². The Kier molecular flexibility index (Phi) is 4.99. The summed E-state index contributed by atoms with van der Waals surface area (Å²) in [5.41, 5.74) is 4.86. The zero-order valence-corrected chi connectivity index (χ0v) is 15.8. The predicted molar refractivity (Wildman–Crippen MR) is 104 cm³/mol. The van der Waals surface area contributed by atoms with Crippen LogP contribution in [0.2, 0.25) is 0 Å². The average Bonchev–Trinajstić information content (AvgIpc) is 3.27. The van der Waals surface area contributed by atoms with Crippen molar-refractivity contribution in [3.8, 4) is 11.1 Å². The van der Waals surface area contributed by atoms with Crippen LogP contribution in [-0.2, 0) is 16.6 Å². The van der Waals surface area contributed by atoms with E-state index in [0.29, 0.717) is 5.69 Å². The molecule has 1 atom stereocenters. The molecule has 0 radical (unpaired) electrons. The van der Waals surface area contributed by atoms with E-state index in [-0.39, 0.29) is 18.9 Å². The lowest BCUT2D eigenvalue weighted by Crippen LogP contribution is -2.32. The Bertz CT molecular complexity index is 1020. The van der Waals surface area contributed by atoms with Crippen molar-refractivity contribution in [3.05, 3.63) is 71.5 Å². The average molecular weight is 392 g/mol. The molecule has 0 saturated heterocycles. The van der Waals surface area contributed by atoms with Gasteiger partial charge < -0.3 is 15.2 Å². The van der Waals surface area contributed by atoms with Crippen molar-refractivity contribution in [2.75, 3.05) is 6.61 Å². The summed E-state index contributed by atoms with van der Waals surface area (Å²) in [6.45, 7) is 0.153. The second-order valence-corrected chi connectivity index (χ2v) is 6.88. The maximum atomic E-state index is 12.4. The predicted octanol–water partition coefficient (Wildman–Crippen LogP) is 2.87. The molecule has 8 nitrogen and oxygen atoms in total. The fourth-order valence-corrected chi connectivity index (χ4v) is 3.71. The van der Waals surface area contributed by atoms with E-state index in [1.54, 1.807) is 7.05 Å². The van der Waals surface area contributed by atoms with Crippen LogP contribution in [0.5, 0.6) is 0 Å². The molecule has 3 aromatic rings. The number of aliphatic carboxylic acids is 1. The molecule has 0 fully saturated rings. The number of ether oxygens (including phenoxy) is 1. The van der Waals surface area contributed by atoms with Crippen LogP contribution in [0.25, 0.3) is 11.1 Å². The number of alkyl carbamates (subject to hydrolysis) is 1. The van der Waals surface area contributed by atoms with Crippen molar-refractivity contribution < 1.29 is 19.4 Å². The number of nitrogens with one attached hydrogen (secondary N) is 1. The van der Waals surface area contributed by atoms with Crippen molar-refractivity contribution in [1.82, 2.24) is 20.3 Å². The topological polar surface area (TPSA) is 106 Å². The van der Waals surface area contributed by atoms with Gasteiger partial charge in [0.1, 0.15) is 12.3 Å². The Morgan fingerprint density at radius 1 is 1.14 bits per heavy atom. The van der Waals surface area contributed by atoms with E-state index in [9.17, 15) is 9.59 Å². The van der Waals surface area contributed by atoms with Crippen molar-refractivity contribution in [1.29, 1.82) is 0 Å². The smallest absolute Gasteiger partial charge is 0.407 e. The molecule has 2 aromatic carbocycles. The number of carboxylic acids is 1. The van der Waals surface area contributed by atoms with Gasteiger partial charge in [0.05, 0.1) is 18.7 Å². The number of aromatic nitrogens is 3. The number of benzene rings is 2. The lowest BCUT2D eigenvalue weighted by molar-refractivity contribution is -0.137. The van der Waals surface area contributed by atoms with E-state index in [0.717, 1.165) is 22.3 Å². The highest BCUT2D eigenvalue weighted by molar-refractivity contribution is 5.79. The van der Waals surface area contributed by atoms with Gasteiger partial charge in [-0.15, -0.1) is 0 Å². The number of carbonyl (C=O) groups excluding carboxylic acids is 1. The van der Waals surface area contributed by atoms with Gasteiger partial charge >= 0.3 is 12.1 Å². The second-order valence-electron chi connectivity index (χ2n) is 6.88. The quantitative estimate of drug-likeness (QED) is 0.668. The second kappa shape index (κ2) is 7.75. The fourth-order valence-electron chi connectivity index (χ4n) is 3.71. The molecule has 2 N–H and O–H groups in total. The number of aryl methyl sites for hydroxylation is 1. The molecule has 8 heteroatoms. The minimum Gasteiger partial charge on any atom is -0.481 e. The van der Waals surface area contributed by atoms with Crippen LogP contribution < -0.4 is 5.32 Å². The number of carbonyl (C=O) groups is 2. The highest BCUT2D eigenvalue weighted by atomic mass is 16.5. The maximum Gasteiger partial charge on any atom is 0.407 e. The van der Waals surface area contributed by atoms with E-state index >= 15 is 0 Å². The van der Waals surface area contributed by atoms with Gasteiger partial charge in [-0.3, -0.25) is 4.79 Å². The summed E-state index contributed by atoms with van der Waals surface area (Å²) in [6.07, 6.45) is 0.420. The Labute approximate surface area is 167 Å². The van der Waals surface area contributed by atoms with E-state index in [1.807, 2.05) is 36.4 Å². The zero-order chi connectivity index (χ0) is 20.4. The van der Waals surface area contributed by atoms with E-state index in [1.165, 1.54) is 11.0 Å². The Morgan fingerprint density at radius 3 is 2.31 bits per heavy atom. The van der Waals surface area contributed by atoms with E-state index < -0.39 is 18.1 Å². The first-order valence-corrected chi connectivity index (χ1v) is 9.22. The summed E-state index contributed by atoms with van der Waals surface area (Å²) in [5.74, 6) is -1.12. The maximum absolute atomic E-state index is 12.4. The third-order valence-corrected chi connectivity index (χ3v) is 4.99. The van der Waals surface area contributed by atoms with Crippen LogP contribution in [0.4, 0.5) is 4.79 Å². The molecule has 1 aliphatic rings. The van der Waals surface area contributed by atoms with E-state index in [2.05, 4.69) is 27.6 Å². The molecule has 0 spiro atoms. The summed E-state index contributed by atoms with van der Waals surface area (Å²) in [7, 11) is 1.62. The molecule has 1 heterocycles. The minimum absolute atomic E-state index is 0.0670. The number of hydrogen-bond donors (Lipinski definition) is 2. The lowest BCUT2D eigenvalue weighted by Gasteiger charge is -2.17. The zero-order valence-electron chi connectivity index (χ0n) is 15.8. The molecule has 4 rings (SSSR count). The van der Waals surface area contributed by atoms with Gasteiger partial charge in [-0.05, 0) is 22.3 Å². The SMILES string of the molecule is Cn1ncc([C@H](CC(=O)O)NC(=O)OCC2c3ccccc3-c3ccccc32)n1. The van der Waals surface area contributed by atoms with Gasteiger partial charge in [0, 0.05) is 13.0 Å². The summed E-state index contributed by atoms with van der Waals surface area (Å²) >= 11 is 0. The first-order valence-electron chi connectivity index (χ1n) is 9.22. The molecule has 0 aliphatic heterocycles. The number of nitrogens with zero attached hydrogens (tertiary/aromatic N) is 3. The standard InChI is InChI=1S/C21H20N4O4/c1-25-22-11-19(24-25)18(10-20(26)27)23-21(28)29-12-17-15-8-4-2-6-13(15)14-7-3-5-9-16(14)17/h2-9,11,17-18H,10,12H2,1H3,(H,23,28)(H,26,27)/t18-/m0/s1. The largest absolute Gasteiger partial charge is 0.481 e. The normalized spacial score (nSPS) is 13.4. The summed E-state index contributed by atoms with van der Waals surface area (Å²) in [4.78, 5) is 24.9. The van der Waals surface area contributed by atoms with Crippen LogP contribution in [0, 0.1) is 0 Å². The molecular formula is C21H20N4O4. The van der Waals surface area contributed by atoms with Crippen LogP contribution >= 0.6 is 0 Å². The number of rotatable bonds is 6. The molecule has 29 heavy (non-hydrogen) atoms. The van der Waals surface area contributed by atoms with Crippen molar-refractivity contribution in [2.24, 2.45) is 7.05 Å². The highest BCUT2D eigenvalue weighted by Crippen LogP contribution is 2.44. The van der Waals surface area contributed by atoms with Crippen LogP contribution in [-0.4, -0.2) is 38.8 Å². The first-order chi connectivity index (χ1) is 14.0. The molecule has 148 valence electrons. The number of fused-ring (bicyclic) bond motifs is 3. The summed E-state index contributed by atoms with van der Waals surface area (Å²) in [5, 5.41) is 19.7. The molecule has 0 unspecified atom stereocenters. The Morgan fingerprint density at radius 2 is 1.76 bits per heavy atom. The molecule has 0 bridgehead atoms. The first kappa shape index (κ1) is 18.7. The van der Waals surface area contributed by atoms with Crippen molar-refractivity contribution in [3.63, 3.8) is 0 Å². The van der Waals surface area contributed by atoms with Crippen molar-refractivity contribution >= 4 is 12.1 Å². The minimum atomic E-state index is -1.06. The van der Waals surface area contributed by atoms with Crippen LogP contribution in [0.15, 0.2) is 54.7 Å². The lowest BCUT2D eigenvalue weighted by atomic mass is 9.98. The third kappa shape index (κ3) is 3.82. The summed E-state index contributed by atoms with van der Waals surface area (Å²) < 4.78 is 5.48.